The Morgan fingerprint density at radius 1 is 0.912 bits per heavy atom. The lowest BCUT2D eigenvalue weighted by Gasteiger charge is -2.16. The summed E-state index contributed by atoms with van der Waals surface area (Å²) in [7, 11) is 1.77. The van der Waals surface area contributed by atoms with Crippen molar-refractivity contribution in [3.05, 3.63) is 114 Å². The van der Waals surface area contributed by atoms with Crippen LogP contribution in [0.3, 0.4) is 0 Å². The number of hydrogen-bond donors (Lipinski definition) is 1. The standard InChI is InChI=1S/C28H22N4O2/c1-31-17-23(21-14-15-29-25(21)28(31)33)22-12-13-24-26(27(22)34-20-10-6-3-7-11-20)32(18-30-24)16-19-8-4-2-5-9-19/h2-15,17-18,29H,16H2,1H3. The first-order valence-electron chi connectivity index (χ1n) is 11.1. The normalized spacial score (nSPS) is 11.3. The molecule has 3 aromatic heterocycles. The zero-order chi connectivity index (χ0) is 23.1. The third-order valence-electron chi connectivity index (χ3n) is 6.08. The molecule has 6 heteroatoms. The van der Waals surface area contributed by atoms with Gasteiger partial charge in [-0.3, -0.25) is 4.79 Å². The largest absolute Gasteiger partial charge is 0.454 e. The number of rotatable bonds is 5. The molecule has 0 aliphatic carbocycles. The van der Waals surface area contributed by atoms with Crippen LogP contribution in [0.25, 0.3) is 33.1 Å². The maximum atomic E-state index is 12.7. The quantitative estimate of drug-likeness (QED) is 0.368. The van der Waals surface area contributed by atoms with Crippen LogP contribution in [0.2, 0.25) is 0 Å². The van der Waals surface area contributed by atoms with Crippen molar-refractivity contribution in [1.82, 2.24) is 19.1 Å². The summed E-state index contributed by atoms with van der Waals surface area (Å²) >= 11 is 0. The average Bonchev–Trinajstić information content (AvgIpc) is 3.51. The van der Waals surface area contributed by atoms with E-state index in [1.807, 2.05) is 79.3 Å². The summed E-state index contributed by atoms with van der Waals surface area (Å²) in [5.41, 5.74) is 5.24. The molecule has 0 amide bonds. The fourth-order valence-corrected chi connectivity index (χ4v) is 4.44. The minimum absolute atomic E-state index is 0.0653. The molecule has 6 rings (SSSR count). The number of aromatic amines is 1. The number of fused-ring (bicyclic) bond motifs is 2. The molecule has 0 atom stereocenters. The van der Waals surface area contributed by atoms with E-state index in [0.717, 1.165) is 33.3 Å². The number of hydrogen-bond acceptors (Lipinski definition) is 3. The fraction of sp³-hybridized carbons (Fsp3) is 0.0714. The van der Waals surface area contributed by atoms with E-state index in [1.54, 1.807) is 17.8 Å². The molecule has 0 fully saturated rings. The molecule has 0 bridgehead atoms. The molecule has 0 radical (unpaired) electrons. The molecule has 6 nitrogen and oxygen atoms in total. The Labute approximate surface area is 195 Å². The maximum Gasteiger partial charge on any atom is 0.274 e. The second-order valence-electron chi connectivity index (χ2n) is 8.31. The van der Waals surface area contributed by atoms with Gasteiger partial charge in [-0.25, -0.2) is 4.98 Å². The second-order valence-corrected chi connectivity index (χ2v) is 8.31. The summed E-state index contributed by atoms with van der Waals surface area (Å²) in [4.78, 5) is 20.4. The van der Waals surface area contributed by atoms with Crippen molar-refractivity contribution in [1.29, 1.82) is 0 Å². The minimum atomic E-state index is -0.0653. The first-order valence-corrected chi connectivity index (χ1v) is 11.1. The van der Waals surface area contributed by atoms with E-state index in [4.69, 9.17) is 4.74 Å². The number of para-hydroxylation sites is 1. The number of imidazole rings is 1. The van der Waals surface area contributed by atoms with Crippen molar-refractivity contribution in [3.63, 3.8) is 0 Å². The van der Waals surface area contributed by atoms with Crippen molar-refractivity contribution in [2.75, 3.05) is 0 Å². The predicted molar refractivity (Wildman–Crippen MR) is 134 cm³/mol. The highest BCUT2D eigenvalue weighted by Gasteiger charge is 2.20. The molecule has 6 aromatic rings. The number of pyridine rings is 1. The number of nitrogens with one attached hydrogen (secondary N) is 1. The molecule has 34 heavy (non-hydrogen) atoms. The molecule has 0 saturated heterocycles. The van der Waals surface area contributed by atoms with Gasteiger partial charge in [-0.1, -0.05) is 48.5 Å². The van der Waals surface area contributed by atoms with E-state index in [1.165, 1.54) is 5.56 Å². The third-order valence-corrected chi connectivity index (χ3v) is 6.08. The van der Waals surface area contributed by atoms with Gasteiger partial charge in [0.15, 0.2) is 5.75 Å². The zero-order valence-electron chi connectivity index (χ0n) is 18.6. The number of aryl methyl sites for hydroxylation is 1. The van der Waals surface area contributed by atoms with E-state index in [0.29, 0.717) is 17.8 Å². The number of benzene rings is 3. The van der Waals surface area contributed by atoms with Crippen molar-refractivity contribution in [3.8, 4) is 22.6 Å². The van der Waals surface area contributed by atoms with Crippen molar-refractivity contribution in [2.45, 2.75) is 6.54 Å². The van der Waals surface area contributed by atoms with Gasteiger partial charge in [-0.2, -0.15) is 0 Å². The zero-order valence-corrected chi connectivity index (χ0v) is 18.6. The van der Waals surface area contributed by atoms with Gasteiger partial charge in [0.1, 0.15) is 16.8 Å². The lowest BCUT2D eigenvalue weighted by molar-refractivity contribution is 0.487. The van der Waals surface area contributed by atoms with Crippen LogP contribution in [0.1, 0.15) is 5.56 Å². The summed E-state index contributed by atoms with van der Waals surface area (Å²) in [6.45, 7) is 0.665. The summed E-state index contributed by atoms with van der Waals surface area (Å²) < 4.78 is 10.3. The van der Waals surface area contributed by atoms with Crippen LogP contribution >= 0.6 is 0 Å². The summed E-state index contributed by atoms with van der Waals surface area (Å²) in [5.74, 6) is 1.44. The SMILES string of the molecule is Cn1cc(-c2ccc3ncn(Cc4ccccc4)c3c2Oc2ccccc2)c2cc[nH]c2c1=O. The van der Waals surface area contributed by atoms with Gasteiger partial charge in [0.05, 0.1) is 11.8 Å². The minimum Gasteiger partial charge on any atom is -0.454 e. The average molecular weight is 447 g/mol. The fourth-order valence-electron chi connectivity index (χ4n) is 4.44. The Bertz CT molecular complexity index is 1680. The molecule has 0 aliphatic heterocycles. The van der Waals surface area contributed by atoms with E-state index in [2.05, 4.69) is 26.7 Å². The maximum absolute atomic E-state index is 12.7. The van der Waals surface area contributed by atoms with E-state index >= 15 is 0 Å². The molecular formula is C28H22N4O2. The van der Waals surface area contributed by atoms with Gasteiger partial charge in [-0.15, -0.1) is 0 Å². The topological polar surface area (TPSA) is 64.8 Å². The van der Waals surface area contributed by atoms with Crippen LogP contribution in [0, 0.1) is 0 Å². The van der Waals surface area contributed by atoms with Gasteiger partial charge in [0, 0.05) is 42.5 Å². The van der Waals surface area contributed by atoms with Gasteiger partial charge >= 0.3 is 0 Å². The molecule has 0 unspecified atom stereocenters. The molecule has 3 heterocycles. The molecule has 0 saturated carbocycles. The summed E-state index contributed by atoms with van der Waals surface area (Å²) in [6.07, 6.45) is 5.52. The van der Waals surface area contributed by atoms with E-state index in [9.17, 15) is 4.79 Å². The number of ether oxygens (including phenoxy) is 1. The van der Waals surface area contributed by atoms with Gasteiger partial charge in [0.25, 0.3) is 5.56 Å². The lowest BCUT2D eigenvalue weighted by Crippen LogP contribution is -2.16. The monoisotopic (exact) mass is 446 g/mol. The van der Waals surface area contributed by atoms with Crippen molar-refractivity contribution < 1.29 is 4.74 Å². The molecule has 0 aliphatic rings. The van der Waals surface area contributed by atoms with E-state index in [-0.39, 0.29) is 5.56 Å². The van der Waals surface area contributed by atoms with Crippen LogP contribution in [0.15, 0.2) is 102 Å². The number of nitrogens with zero attached hydrogens (tertiary/aromatic N) is 3. The molecule has 1 N–H and O–H groups in total. The van der Waals surface area contributed by atoms with Crippen molar-refractivity contribution >= 4 is 21.9 Å². The number of aromatic nitrogens is 4. The first-order chi connectivity index (χ1) is 16.7. The second kappa shape index (κ2) is 8.08. The van der Waals surface area contributed by atoms with Crippen LogP contribution in [-0.4, -0.2) is 19.1 Å². The summed E-state index contributed by atoms with van der Waals surface area (Å²) in [6, 6.07) is 26.0. The highest BCUT2D eigenvalue weighted by Crippen LogP contribution is 2.41. The van der Waals surface area contributed by atoms with Crippen LogP contribution in [-0.2, 0) is 13.6 Å². The van der Waals surface area contributed by atoms with Gasteiger partial charge in [-0.05, 0) is 35.9 Å². The Balaban J connectivity index is 1.63. The Morgan fingerprint density at radius 2 is 1.68 bits per heavy atom. The number of H-pyrrole nitrogens is 1. The Hall–Kier alpha value is -4.58. The van der Waals surface area contributed by atoms with Crippen LogP contribution < -0.4 is 10.3 Å². The molecule has 3 aromatic carbocycles. The van der Waals surface area contributed by atoms with Crippen LogP contribution in [0.4, 0.5) is 0 Å². The smallest absolute Gasteiger partial charge is 0.274 e. The Morgan fingerprint density at radius 3 is 2.47 bits per heavy atom. The highest BCUT2D eigenvalue weighted by molar-refractivity contribution is 6.00. The van der Waals surface area contributed by atoms with Crippen LogP contribution in [0.5, 0.6) is 11.5 Å². The van der Waals surface area contributed by atoms with Crippen molar-refractivity contribution in [2.24, 2.45) is 7.05 Å². The highest BCUT2D eigenvalue weighted by atomic mass is 16.5. The predicted octanol–water partition coefficient (Wildman–Crippen LogP) is 5.72. The Kier molecular flexibility index (Phi) is 4.77. The van der Waals surface area contributed by atoms with E-state index < -0.39 is 0 Å². The molecular weight excluding hydrogens is 424 g/mol. The van der Waals surface area contributed by atoms with Gasteiger partial charge in [0.2, 0.25) is 0 Å². The third kappa shape index (κ3) is 3.36. The summed E-state index contributed by atoms with van der Waals surface area (Å²) in [5, 5.41) is 0.856. The first kappa shape index (κ1) is 20.1. The lowest BCUT2D eigenvalue weighted by atomic mass is 10.0. The molecule has 166 valence electrons. The molecule has 0 spiro atoms. The van der Waals surface area contributed by atoms with Gasteiger partial charge < -0.3 is 18.9 Å².